The van der Waals surface area contributed by atoms with Crippen LogP contribution in [0.2, 0.25) is 0 Å². The van der Waals surface area contributed by atoms with Crippen molar-refractivity contribution >= 4 is 34.5 Å². The highest BCUT2D eigenvalue weighted by atomic mass is 19.4. The maximum atomic E-state index is 12.7. The molecule has 2 amide bonds. The average molecular weight is 473 g/mol. The number of aromatic amines is 1. The Bertz CT molecular complexity index is 1190. The topological polar surface area (TPSA) is 81.3 Å². The van der Waals surface area contributed by atoms with Gasteiger partial charge in [0.15, 0.2) is 0 Å². The van der Waals surface area contributed by atoms with Crippen LogP contribution in [0, 0.1) is 0 Å². The lowest BCUT2D eigenvalue weighted by molar-refractivity contribution is -0.137. The smallest absolute Gasteiger partial charge is 0.341 e. The maximum absolute atomic E-state index is 12.7. The second-order valence-electron chi connectivity index (χ2n) is 8.55. The van der Waals surface area contributed by atoms with E-state index in [4.69, 9.17) is 0 Å². The lowest BCUT2D eigenvalue weighted by atomic mass is 10.1. The second-order valence-corrected chi connectivity index (χ2v) is 8.55. The Kier molecular flexibility index (Phi) is 6.49. The minimum absolute atomic E-state index is 0.0687. The summed E-state index contributed by atoms with van der Waals surface area (Å²) in [7, 11) is 1.94. The normalized spacial score (nSPS) is 16.1. The number of H-pyrrole nitrogens is 1. The molecular weight excluding hydrogens is 447 g/mol. The van der Waals surface area contributed by atoms with E-state index in [1.54, 1.807) is 19.1 Å². The first-order chi connectivity index (χ1) is 16.1. The molecule has 0 aliphatic carbocycles. The molecule has 1 atom stereocenters. The summed E-state index contributed by atoms with van der Waals surface area (Å²) in [4.78, 5) is 35.7. The molecule has 0 saturated carbocycles. The van der Waals surface area contributed by atoms with E-state index in [0.29, 0.717) is 30.2 Å². The third-order valence-electron chi connectivity index (χ3n) is 6.17. The Balaban J connectivity index is 1.35. The zero-order valence-electron chi connectivity index (χ0n) is 18.9. The van der Waals surface area contributed by atoms with Crippen molar-refractivity contribution in [1.82, 2.24) is 14.9 Å². The van der Waals surface area contributed by atoms with E-state index in [0.717, 1.165) is 36.1 Å². The van der Waals surface area contributed by atoms with Crippen LogP contribution in [0.1, 0.15) is 30.9 Å². The fourth-order valence-corrected chi connectivity index (χ4v) is 4.10. The van der Waals surface area contributed by atoms with E-state index in [2.05, 4.69) is 15.3 Å². The van der Waals surface area contributed by atoms with Crippen LogP contribution in [0.3, 0.4) is 0 Å². The molecule has 0 bridgehead atoms. The zero-order chi connectivity index (χ0) is 24.5. The minimum atomic E-state index is -4.37. The van der Waals surface area contributed by atoms with Crippen LogP contribution in [0.4, 0.5) is 24.8 Å². The van der Waals surface area contributed by atoms with Gasteiger partial charge in [0, 0.05) is 39.2 Å². The molecule has 180 valence electrons. The van der Waals surface area contributed by atoms with Gasteiger partial charge in [0.2, 0.25) is 17.8 Å². The van der Waals surface area contributed by atoms with E-state index in [1.807, 2.05) is 22.9 Å². The number of rotatable bonds is 6. The van der Waals surface area contributed by atoms with Crippen LogP contribution in [0.15, 0.2) is 42.5 Å². The number of aryl methyl sites for hydroxylation is 1. The number of anilines is 2. The van der Waals surface area contributed by atoms with Crippen molar-refractivity contribution in [2.24, 2.45) is 0 Å². The quantitative estimate of drug-likeness (QED) is 0.562. The zero-order valence-corrected chi connectivity index (χ0v) is 18.9. The number of carbonyl (C=O) groups excluding carboxylic acids is 2. The van der Waals surface area contributed by atoms with Crippen molar-refractivity contribution in [1.29, 1.82) is 0 Å². The Morgan fingerprint density at radius 2 is 1.94 bits per heavy atom. The number of likely N-dealkylation sites (tertiary alicyclic amines) is 1. The summed E-state index contributed by atoms with van der Waals surface area (Å²) in [5, 5.41) is 2.83. The number of imidazole rings is 1. The van der Waals surface area contributed by atoms with Crippen molar-refractivity contribution < 1.29 is 22.8 Å². The van der Waals surface area contributed by atoms with E-state index >= 15 is 0 Å². The summed E-state index contributed by atoms with van der Waals surface area (Å²) in [6.45, 7) is 2.96. The van der Waals surface area contributed by atoms with Gasteiger partial charge in [0.05, 0.1) is 22.6 Å². The molecule has 4 rings (SSSR count). The summed E-state index contributed by atoms with van der Waals surface area (Å²) in [6.07, 6.45) is -3.02. The number of alkyl halides is 3. The van der Waals surface area contributed by atoms with E-state index in [1.165, 1.54) is 12.1 Å². The van der Waals surface area contributed by atoms with Crippen molar-refractivity contribution in [3.05, 3.63) is 53.6 Å². The van der Waals surface area contributed by atoms with Gasteiger partial charge in [-0.05, 0) is 48.7 Å². The summed E-state index contributed by atoms with van der Waals surface area (Å²) in [6, 6.07) is 10.4. The van der Waals surface area contributed by atoms with Crippen LogP contribution < -0.4 is 10.2 Å². The first-order valence-corrected chi connectivity index (χ1v) is 11.0. The highest BCUT2D eigenvalue weighted by Crippen LogP contribution is 2.29. The predicted octanol–water partition coefficient (Wildman–Crippen LogP) is 4.21. The van der Waals surface area contributed by atoms with Gasteiger partial charge in [-0.3, -0.25) is 9.59 Å². The number of fused-ring (bicyclic) bond motifs is 1. The molecule has 0 spiro atoms. The molecule has 0 radical (unpaired) electrons. The lowest BCUT2D eigenvalue weighted by Gasteiger charge is -2.23. The van der Waals surface area contributed by atoms with Gasteiger partial charge in [0.25, 0.3) is 0 Å². The number of hydrogen-bond acceptors (Lipinski definition) is 4. The number of benzene rings is 2. The SMILES string of the molecule is CC(=O)N1CCC(N(C)c2nc3ccc(NC(=O)CCc4ccc(C(F)(F)F)cc4)cc3[nH]2)C1. The first-order valence-electron chi connectivity index (χ1n) is 11.0. The molecule has 3 aromatic rings. The fourth-order valence-electron chi connectivity index (χ4n) is 4.10. The number of likely N-dealkylation sites (N-methyl/N-ethyl adjacent to an activating group) is 1. The molecule has 10 heteroatoms. The number of nitrogens with zero attached hydrogens (tertiary/aromatic N) is 3. The summed E-state index contributed by atoms with van der Waals surface area (Å²) >= 11 is 0. The standard InChI is InChI=1S/C24H26F3N5O2/c1-15(33)32-12-11-19(14-32)31(2)23-29-20-9-8-18(13-21(20)30-23)28-22(34)10-5-16-3-6-17(7-4-16)24(25,26)27/h3-4,6-9,13,19H,5,10-12,14H2,1-2H3,(H,28,34)(H,29,30). The van der Waals surface area contributed by atoms with Crippen molar-refractivity contribution in [3.8, 4) is 0 Å². The van der Waals surface area contributed by atoms with Gasteiger partial charge in [-0.1, -0.05) is 12.1 Å². The number of hydrogen-bond donors (Lipinski definition) is 2. The fraction of sp³-hybridized carbons (Fsp3) is 0.375. The summed E-state index contributed by atoms with van der Waals surface area (Å²) in [5.41, 5.74) is 2.08. The van der Waals surface area contributed by atoms with E-state index in [9.17, 15) is 22.8 Å². The van der Waals surface area contributed by atoms with Crippen LogP contribution in [0.5, 0.6) is 0 Å². The molecule has 1 saturated heterocycles. The molecule has 34 heavy (non-hydrogen) atoms. The molecule has 1 aliphatic rings. The molecule has 1 aromatic heterocycles. The van der Waals surface area contributed by atoms with Gasteiger partial charge < -0.3 is 20.1 Å². The Morgan fingerprint density at radius 3 is 2.59 bits per heavy atom. The van der Waals surface area contributed by atoms with E-state index < -0.39 is 11.7 Å². The average Bonchev–Trinajstić information content (AvgIpc) is 3.44. The second kappa shape index (κ2) is 9.36. The third kappa shape index (κ3) is 5.32. The third-order valence-corrected chi connectivity index (χ3v) is 6.17. The van der Waals surface area contributed by atoms with Crippen LogP contribution in [-0.2, 0) is 22.2 Å². The van der Waals surface area contributed by atoms with Crippen molar-refractivity contribution in [3.63, 3.8) is 0 Å². The maximum Gasteiger partial charge on any atom is 0.416 e. The molecule has 1 unspecified atom stereocenters. The number of carbonyl (C=O) groups is 2. The Morgan fingerprint density at radius 1 is 1.21 bits per heavy atom. The van der Waals surface area contributed by atoms with Crippen LogP contribution in [0.25, 0.3) is 11.0 Å². The van der Waals surface area contributed by atoms with Gasteiger partial charge >= 0.3 is 6.18 Å². The largest absolute Gasteiger partial charge is 0.416 e. The van der Waals surface area contributed by atoms with Crippen molar-refractivity contribution in [2.75, 3.05) is 30.4 Å². The summed E-state index contributed by atoms with van der Waals surface area (Å²) < 4.78 is 38.0. The minimum Gasteiger partial charge on any atom is -0.341 e. The molecule has 2 N–H and O–H groups in total. The highest BCUT2D eigenvalue weighted by Gasteiger charge is 2.30. The molecule has 2 heterocycles. The predicted molar refractivity (Wildman–Crippen MR) is 124 cm³/mol. The Labute approximate surface area is 194 Å². The summed E-state index contributed by atoms with van der Waals surface area (Å²) in [5.74, 6) is 0.529. The van der Waals surface area contributed by atoms with Crippen LogP contribution in [-0.4, -0.2) is 52.9 Å². The highest BCUT2D eigenvalue weighted by molar-refractivity contribution is 5.93. The van der Waals surface area contributed by atoms with E-state index in [-0.39, 0.29) is 24.3 Å². The molecule has 2 aromatic carbocycles. The number of halogens is 3. The molecule has 1 fully saturated rings. The number of nitrogens with one attached hydrogen (secondary N) is 2. The molecule has 1 aliphatic heterocycles. The molecule has 7 nitrogen and oxygen atoms in total. The van der Waals surface area contributed by atoms with Crippen LogP contribution >= 0.6 is 0 Å². The van der Waals surface area contributed by atoms with Gasteiger partial charge in [-0.15, -0.1) is 0 Å². The van der Waals surface area contributed by atoms with Gasteiger partial charge in [-0.2, -0.15) is 13.2 Å². The Hall–Kier alpha value is -3.56. The lowest BCUT2D eigenvalue weighted by Crippen LogP contribution is -2.36. The molecular formula is C24H26F3N5O2. The number of amides is 2. The van der Waals surface area contributed by atoms with Crippen molar-refractivity contribution in [2.45, 2.75) is 38.4 Å². The first kappa shape index (κ1) is 23.6. The van der Waals surface area contributed by atoms with Gasteiger partial charge in [0.1, 0.15) is 0 Å². The monoisotopic (exact) mass is 473 g/mol. The number of aromatic nitrogens is 2. The van der Waals surface area contributed by atoms with Gasteiger partial charge in [-0.25, -0.2) is 4.98 Å².